The summed E-state index contributed by atoms with van der Waals surface area (Å²) in [5.41, 5.74) is 1.02. The van der Waals surface area contributed by atoms with Crippen LogP contribution in [0.1, 0.15) is 18.9 Å². The summed E-state index contributed by atoms with van der Waals surface area (Å²) in [6, 6.07) is 4.84. The first-order chi connectivity index (χ1) is 7.95. The number of hydrogen-bond acceptors (Lipinski definition) is 4. The molecule has 0 unspecified atom stereocenters. The second-order valence-corrected chi connectivity index (χ2v) is 5.67. The second-order valence-electron chi connectivity index (χ2n) is 3.90. The number of carbonyl (C=O) groups is 1. The monoisotopic (exact) mass is 252 g/mol. The molecule has 0 fully saturated rings. The molecule has 4 nitrogen and oxygen atoms in total. The van der Waals surface area contributed by atoms with E-state index in [0.29, 0.717) is 16.9 Å². The molecule has 1 aliphatic heterocycles. The molecule has 1 aliphatic rings. The molecule has 0 aliphatic carbocycles. The summed E-state index contributed by atoms with van der Waals surface area (Å²) in [7, 11) is -1.95. The Morgan fingerprint density at radius 3 is 2.65 bits per heavy atom. The fourth-order valence-electron chi connectivity index (χ4n) is 1.94. The lowest BCUT2D eigenvalue weighted by atomic mass is 10.0. The lowest BCUT2D eigenvalue weighted by Crippen LogP contribution is -1.97. The molecule has 1 aromatic rings. The summed E-state index contributed by atoms with van der Waals surface area (Å²) in [5, 5.41) is 1.15. The van der Waals surface area contributed by atoms with Gasteiger partial charge in [-0.15, -0.1) is 0 Å². The number of hydrogen-bond donors (Lipinski definition) is 0. The number of sulfone groups is 1. The van der Waals surface area contributed by atoms with E-state index in [2.05, 4.69) is 0 Å². The van der Waals surface area contributed by atoms with Gasteiger partial charge in [0.05, 0.1) is 12.0 Å². The van der Waals surface area contributed by atoms with E-state index in [1.807, 2.05) is 0 Å². The third kappa shape index (κ3) is 1.98. The fraction of sp³-hybridized carbons (Fsp3) is 0.250. The lowest BCUT2D eigenvalue weighted by molar-refractivity contribution is -0.116. The molecule has 17 heavy (non-hydrogen) atoms. The minimum absolute atomic E-state index is 0.0785. The van der Waals surface area contributed by atoms with Gasteiger partial charge in [-0.3, -0.25) is 4.79 Å². The number of ketones is 1. The van der Waals surface area contributed by atoms with Crippen LogP contribution in [0.3, 0.4) is 0 Å². The predicted octanol–water partition coefficient (Wildman–Crippen LogP) is 1.80. The van der Waals surface area contributed by atoms with Crippen molar-refractivity contribution < 1.29 is 17.9 Å². The summed E-state index contributed by atoms with van der Waals surface area (Å²) >= 11 is 0. The molecule has 0 radical (unpaired) electrons. The summed E-state index contributed by atoms with van der Waals surface area (Å²) in [5.74, 6) is 0.404. The van der Waals surface area contributed by atoms with Crippen molar-refractivity contribution in [2.75, 3.05) is 7.11 Å². The number of rotatable bonds is 3. The number of benzene rings is 1. The van der Waals surface area contributed by atoms with Gasteiger partial charge in [0.25, 0.3) is 0 Å². The summed E-state index contributed by atoms with van der Waals surface area (Å²) in [6.07, 6.45) is 0.104. The topological polar surface area (TPSA) is 60.4 Å². The number of methoxy groups -OCH3 is 1. The molecule has 0 aromatic heterocycles. The Balaban J connectivity index is 2.66. The minimum Gasteiger partial charge on any atom is -0.496 e. The van der Waals surface area contributed by atoms with Crippen molar-refractivity contribution in [3.63, 3.8) is 0 Å². The van der Waals surface area contributed by atoms with Gasteiger partial charge < -0.3 is 4.74 Å². The van der Waals surface area contributed by atoms with E-state index in [1.165, 1.54) is 20.1 Å². The van der Waals surface area contributed by atoms with Crippen molar-refractivity contribution in [1.29, 1.82) is 0 Å². The van der Waals surface area contributed by atoms with Crippen LogP contribution in [0.25, 0.3) is 5.57 Å². The van der Waals surface area contributed by atoms with E-state index in [-0.39, 0.29) is 17.1 Å². The third-order valence-corrected chi connectivity index (χ3v) is 4.12. The molecule has 0 N–H and O–H groups in total. The molecule has 1 aromatic carbocycles. The molecule has 2 rings (SSSR count). The van der Waals surface area contributed by atoms with Crippen molar-refractivity contribution in [3.8, 4) is 5.75 Å². The SMILES string of the molecule is COc1cccc2c1C(CC(C)=O)=CS2(=O)=O. The Kier molecular flexibility index (Phi) is 2.79. The number of fused-ring (bicyclic) bond motifs is 1. The predicted molar refractivity (Wildman–Crippen MR) is 63.5 cm³/mol. The van der Waals surface area contributed by atoms with Gasteiger partial charge in [0.2, 0.25) is 9.84 Å². The van der Waals surface area contributed by atoms with E-state index < -0.39 is 9.84 Å². The van der Waals surface area contributed by atoms with Gasteiger partial charge >= 0.3 is 0 Å². The smallest absolute Gasteiger partial charge is 0.200 e. The highest BCUT2D eigenvalue weighted by Gasteiger charge is 2.29. The van der Waals surface area contributed by atoms with Gasteiger partial charge in [0.1, 0.15) is 11.5 Å². The van der Waals surface area contributed by atoms with Crippen LogP contribution in [-0.2, 0) is 14.6 Å². The third-order valence-electron chi connectivity index (χ3n) is 2.57. The van der Waals surface area contributed by atoms with E-state index >= 15 is 0 Å². The first-order valence-electron chi connectivity index (χ1n) is 5.08. The number of carbonyl (C=O) groups excluding carboxylic acids is 1. The number of ether oxygens (including phenoxy) is 1. The normalized spacial score (nSPS) is 16.2. The molecule has 90 valence electrons. The van der Waals surface area contributed by atoms with Crippen molar-refractivity contribution in [1.82, 2.24) is 0 Å². The first kappa shape index (κ1) is 11.9. The summed E-state index contributed by atoms with van der Waals surface area (Å²) < 4.78 is 28.9. The van der Waals surface area contributed by atoms with Crippen LogP contribution in [0.2, 0.25) is 0 Å². The van der Waals surface area contributed by atoms with Gasteiger partial charge in [-0.25, -0.2) is 8.42 Å². The largest absolute Gasteiger partial charge is 0.496 e. The quantitative estimate of drug-likeness (QED) is 0.823. The highest BCUT2D eigenvalue weighted by Crippen LogP contribution is 2.40. The van der Waals surface area contributed by atoms with Crippen LogP contribution < -0.4 is 4.74 Å². The van der Waals surface area contributed by atoms with Gasteiger partial charge in [-0.2, -0.15) is 0 Å². The minimum atomic E-state index is -3.43. The van der Waals surface area contributed by atoms with E-state index in [9.17, 15) is 13.2 Å². The van der Waals surface area contributed by atoms with Crippen LogP contribution in [-0.4, -0.2) is 21.3 Å². The fourth-order valence-corrected chi connectivity index (χ4v) is 3.43. The Bertz CT molecular complexity index is 611. The molecule has 0 spiro atoms. The Morgan fingerprint density at radius 2 is 2.06 bits per heavy atom. The maximum absolute atomic E-state index is 11.9. The van der Waals surface area contributed by atoms with Crippen LogP contribution in [0.15, 0.2) is 28.5 Å². The zero-order valence-corrected chi connectivity index (χ0v) is 10.4. The number of allylic oxidation sites excluding steroid dienone is 1. The van der Waals surface area contributed by atoms with Crippen molar-refractivity contribution in [3.05, 3.63) is 29.2 Å². The van der Waals surface area contributed by atoms with Gasteiger partial charge in [-0.1, -0.05) is 6.07 Å². The van der Waals surface area contributed by atoms with Crippen molar-refractivity contribution in [2.24, 2.45) is 0 Å². The van der Waals surface area contributed by atoms with Crippen LogP contribution in [0.5, 0.6) is 5.75 Å². The lowest BCUT2D eigenvalue weighted by Gasteiger charge is -2.08. The molecule has 0 atom stereocenters. The second kappa shape index (κ2) is 4.00. The molecular weight excluding hydrogens is 240 g/mol. The average molecular weight is 252 g/mol. The maximum atomic E-state index is 11.9. The highest BCUT2D eigenvalue weighted by atomic mass is 32.2. The zero-order valence-electron chi connectivity index (χ0n) is 9.56. The Labute approximate surface area is 99.8 Å². The van der Waals surface area contributed by atoms with Gasteiger partial charge in [-0.05, 0) is 24.6 Å². The number of Topliss-reactive ketones (excluding diaryl/α,β-unsaturated/α-hetero) is 1. The van der Waals surface area contributed by atoms with Gasteiger partial charge in [0, 0.05) is 17.4 Å². The van der Waals surface area contributed by atoms with Gasteiger partial charge in [0.15, 0.2) is 0 Å². The Hall–Kier alpha value is -1.62. The zero-order chi connectivity index (χ0) is 12.6. The van der Waals surface area contributed by atoms with Crippen LogP contribution in [0.4, 0.5) is 0 Å². The standard InChI is InChI=1S/C12H12O4S/c1-8(13)6-9-7-17(14,15)11-5-3-4-10(16-2)12(9)11/h3-5,7H,6H2,1-2H3. The molecule has 0 saturated heterocycles. The van der Waals surface area contributed by atoms with E-state index in [0.717, 1.165) is 5.41 Å². The first-order valence-corrected chi connectivity index (χ1v) is 6.63. The molecule has 5 heteroatoms. The molecular formula is C12H12O4S. The van der Waals surface area contributed by atoms with Crippen LogP contribution >= 0.6 is 0 Å². The average Bonchev–Trinajstić information content (AvgIpc) is 2.50. The van der Waals surface area contributed by atoms with Crippen LogP contribution in [0, 0.1) is 0 Å². The highest BCUT2D eigenvalue weighted by molar-refractivity contribution is 7.95. The molecule has 0 amide bonds. The molecule has 1 heterocycles. The van der Waals surface area contributed by atoms with Crippen molar-refractivity contribution in [2.45, 2.75) is 18.2 Å². The van der Waals surface area contributed by atoms with E-state index in [1.54, 1.807) is 12.1 Å². The van der Waals surface area contributed by atoms with Crippen molar-refractivity contribution >= 4 is 21.2 Å². The Morgan fingerprint density at radius 1 is 1.35 bits per heavy atom. The molecule has 0 saturated carbocycles. The summed E-state index contributed by atoms with van der Waals surface area (Å²) in [4.78, 5) is 11.4. The molecule has 0 bridgehead atoms. The van der Waals surface area contributed by atoms with E-state index in [4.69, 9.17) is 4.74 Å². The summed E-state index contributed by atoms with van der Waals surface area (Å²) in [6.45, 7) is 1.43. The maximum Gasteiger partial charge on any atom is 0.200 e.